The molecule has 6 heteroatoms. The summed E-state index contributed by atoms with van der Waals surface area (Å²) in [6.45, 7) is 1.93. The van der Waals surface area contributed by atoms with E-state index in [4.69, 9.17) is 0 Å². The van der Waals surface area contributed by atoms with Gasteiger partial charge in [0.15, 0.2) is 0 Å². The van der Waals surface area contributed by atoms with Gasteiger partial charge in [-0.1, -0.05) is 31.2 Å². The number of carboxylic acid groups (broad SMARTS) is 1. The monoisotopic (exact) mass is 382 g/mol. The van der Waals surface area contributed by atoms with E-state index in [-0.39, 0.29) is 5.69 Å². The minimum atomic E-state index is -1.02. The number of rotatable bonds is 5. The van der Waals surface area contributed by atoms with Crippen LogP contribution in [0, 0.1) is 11.3 Å². The minimum Gasteiger partial charge on any atom is -0.477 e. The fraction of sp³-hybridized carbons (Fsp3) is 0.200. The lowest BCUT2D eigenvalue weighted by Gasteiger charge is -2.06. The molecule has 0 unspecified atom stereocenters. The summed E-state index contributed by atoms with van der Waals surface area (Å²) in [7, 11) is 1.71. The fourth-order valence-corrected chi connectivity index (χ4v) is 5.04. The van der Waals surface area contributed by atoms with Gasteiger partial charge in [0.2, 0.25) is 0 Å². The van der Waals surface area contributed by atoms with Crippen LogP contribution in [0.4, 0.5) is 0 Å². The Labute approximate surface area is 160 Å². The van der Waals surface area contributed by atoms with Crippen LogP contribution in [0.1, 0.15) is 28.7 Å². The highest BCUT2D eigenvalue weighted by Crippen LogP contribution is 2.38. The highest BCUT2D eigenvalue weighted by molar-refractivity contribution is 7.98. The second-order valence-electron chi connectivity index (χ2n) is 5.77. The normalized spacial score (nSPS) is 10.7. The van der Waals surface area contributed by atoms with E-state index in [9.17, 15) is 15.2 Å². The van der Waals surface area contributed by atoms with Gasteiger partial charge in [-0.2, -0.15) is 5.26 Å². The Balaban J connectivity index is 2.16. The fourth-order valence-electron chi connectivity index (χ4n) is 3.26. The number of nitriles is 1. The van der Waals surface area contributed by atoms with Crippen molar-refractivity contribution in [3.05, 3.63) is 52.7 Å². The average Bonchev–Trinajstić information content (AvgIpc) is 3.23. The van der Waals surface area contributed by atoms with Gasteiger partial charge in [-0.25, -0.2) is 4.79 Å². The molecule has 0 aliphatic heterocycles. The molecule has 2 heterocycles. The van der Waals surface area contributed by atoms with Crippen LogP contribution in [0.15, 0.2) is 40.6 Å². The summed E-state index contributed by atoms with van der Waals surface area (Å²) < 4.78 is 1.62. The molecule has 1 N–H and O–H groups in total. The number of thiophene rings is 1. The van der Waals surface area contributed by atoms with E-state index in [0.29, 0.717) is 17.5 Å². The first kappa shape index (κ1) is 18.3. The van der Waals surface area contributed by atoms with Crippen LogP contribution >= 0.6 is 23.1 Å². The van der Waals surface area contributed by atoms with Gasteiger partial charge in [0.05, 0.1) is 5.56 Å². The molecule has 0 spiro atoms. The van der Waals surface area contributed by atoms with Gasteiger partial charge in [0.25, 0.3) is 0 Å². The third-order valence-corrected chi connectivity index (χ3v) is 6.32. The van der Waals surface area contributed by atoms with Crippen LogP contribution < -0.4 is 0 Å². The molecule has 26 heavy (non-hydrogen) atoms. The van der Waals surface area contributed by atoms with Gasteiger partial charge >= 0.3 is 5.97 Å². The molecule has 3 aromatic rings. The van der Waals surface area contributed by atoms with E-state index in [2.05, 4.69) is 23.8 Å². The molecule has 1 aromatic carbocycles. The van der Waals surface area contributed by atoms with Crippen molar-refractivity contribution >= 4 is 29.1 Å². The zero-order valence-corrected chi connectivity index (χ0v) is 16.4. The Morgan fingerprint density at radius 1 is 1.27 bits per heavy atom. The molecule has 0 amide bonds. The molecule has 0 radical (unpaired) electrons. The Kier molecular flexibility index (Phi) is 5.21. The summed E-state index contributed by atoms with van der Waals surface area (Å²) >= 11 is 3.39. The molecule has 3 rings (SSSR count). The topological polar surface area (TPSA) is 66.0 Å². The summed E-state index contributed by atoms with van der Waals surface area (Å²) in [5, 5.41) is 21.4. The second-order valence-corrected chi connectivity index (χ2v) is 7.53. The number of nitrogens with zero attached hydrogens (tertiary/aromatic N) is 2. The van der Waals surface area contributed by atoms with Crippen molar-refractivity contribution in [3.8, 4) is 27.6 Å². The SMILES string of the molecule is CCc1c(C#N)c(-c2ccc(-c3sccc3SC)cc2)c(C(=O)O)n1C. The molecule has 0 atom stereocenters. The van der Waals surface area contributed by atoms with Gasteiger partial charge in [-0.15, -0.1) is 23.1 Å². The maximum atomic E-state index is 11.8. The van der Waals surface area contributed by atoms with Crippen molar-refractivity contribution < 1.29 is 9.90 Å². The molecule has 0 saturated carbocycles. The molecule has 4 nitrogen and oxygen atoms in total. The number of carboxylic acids is 1. The quantitative estimate of drug-likeness (QED) is 0.610. The Bertz CT molecular complexity index is 1010. The van der Waals surface area contributed by atoms with E-state index in [1.807, 2.05) is 31.2 Å². The Morgan fingerprint density at radius 2 is 1.92 bits per heavy atom. The van der Waals surface area contributed by atoms with Crippen molar-refractivity contribution in [2.45, 2.75) is 18.2 Å². The van der Waals surface area contributed by atoms with Crippen LogP contribution in [0.2, 0.25) is 0 Å². The molecule has 0 aliphatic rings. The van der Waals surface area contributed by atoms with E-state index in [1.54, 1.807) is 34.7 Å². The molecule has 2 aromatic heterocycles. The summed E-state index contributed by atoms with van der Waals surface area (Å²) in [5.41, 5.74) is 3.69. The van der Waals surface area contributed by atoms with Crippen LogP contribution in [-0.2, 0) is 13.5 Å². The third kappa shape index (κ3) is 2.94. The second kappa shape index (κ2) is 7.40. The number of hydrogen-bond acceptors (Lipinski definition) is 4. The molecule has 0 bridgehead atoms. The van der Waals surface area contributed by atoms with E-state index < -0.39 is 5.97 Å². The maximum Gasteiger partial charge on any atom is 0.353 e. The van der Waals surface area contributed by atoms with Crippen LogP contribution in [0.3, 0.4) is 0 Å². The van der Waals surface area contributed by atoms with Gasteiger partial charge < -0.3 is 9.67 Å². The van der Waals surface area contributed by atoms with Crippen LogP contribution in [0.5, 0.6) is 0 Å². The van der Waals surface area contributed by atoms with Crippen molar-refractivity contribution in [2.75, 3.05) is 6.26 Å². The number of thioether (sulfide) groups is 1. The molecule has 0 saturated heterocycles. The van der Waals surface area contributed by atoms with Crippen molar-refractivity contribution in [2.24, 2.45) is 7.05 Å². The number of aromatic nitrogens is 1. The lowest BCUT2D eigenvalue weighted by atomic mass is 9.98. The molecule has 0 aliphatic carbocycles. The largest absolute Gasteiger partial charge is 0.477 e. The van der Waals surface area contributed by atoms with Crippen molar-refractivity contribution in [1.29, 1.82) is 5.26 Å². The molecule has 132 valence electrons. The lowest BCUT2D eigenvalue weighted by Crippen LogP contribution is -2.07. The first-order valence-corrected chi connectivity index (χ1v) is 10.2. The summed E-state index contributed by atoms with van der Waals surface area (Å²) in [6.07, 6.45) is 2.65. The molecule has 0 fully saturated rings. The zero-order chi connectivity index (χ0) is 18.8. The van der Waals surface area contributed by atoms with Gasteiger partial charge in [0, 0.05) is 28.1 Å². The average molecular weight is 383 g/mol. The van der Waals surface area contributed by atoms with E-state index in [1.165, 1.54) is 9.77 Å². The smallest absolute Gasteiger partial charge is 0.353 e. The van der Waals surface area contributed by atoms with Gasteiger partial charge in [-0.05, 0) is 35.2 Å². The van der Waals surface area contributed by atoms with Crippen LogP contribution in [-0.4, -0.2) is 21.9 Å². The standard InChI is InChI=1S/C20H18N2O2S2/c1-4-15-14(11-21)17(18(20(23)24)22(15)2)12-5-7-13(8-6-12)19-16(25-3)9-10-26-19/h5-10H,4H2,1-3H3,(H,23,24). The van der Waals surface area contributed by atoms with E-state index >= 15 is 0 Å². The number of benzene rings is 1. The lowest BCUT2D eigenvalue weighted by molar-refractivity contribution is 0.0687. The van der Waals surface area contributed by atoms with Crippen LogP contribution in [0.25, 0.3) is 21.6 Å². The first-order chi connectivity index (χ1) is 12.5. The van der Waals surface area contributed by atoms with Crippen molar-refractivity contribution in [3.63, 3.8) is 0 Å². The van der Waals surface area contributed by atoms with Crippen molar-refractivity contribution in [1.82, 2.24) is 4.57 Å². The Hall–Kier alpha value is -2.49. The summed E-state index contributed by atoms with van der Waals surface area (Å²) in [4.78, 5) is 14.2. The summed E-state index contributed by atoms with van der Waals surface area (Å²) in [6, 6.07) is 12.1. The number of carbonyl (C=O) groups is 1. The van der Waals surface area contributed by atoms with Gasteiger partial charge in [-0.3, -0.25) is 0 Å². The number of aromatic carboxylic acids is 1. The third-order valence-electron chi connectivity index (χ3n) is 4.45. The predicted molar refractivity (Wildman–Crippen MR) is 107 cm³/mol. The molecular weight excluding hydrogens is 364 g/mol. The minimum absolute atomic E-state index is 0.159. The van der Waals surface area contributed by atoms with Gasteiger partial charge in [0.1, 0.15) is 11.8 Å². The molecular formula is C20H18N2O2S2. The number of hydrogen-bond donors (Lipinski definition) is 1. The van der Waals surface area contributed by atoms with E-state index in [0.717, 1.165) is 16.8 Å². The first-order valence-electron chi connectivity index (χ1n) is 8.10. The highest BCUT2D eigenvalue weighted by Gasteiger charge is 2.25. The zero-order valence-electron chi connectivity index (χ0n) is 14.7. The maximum absolute atomic E-state index is 11.8. The summed E-state index contributed by atoms with van der Waals surface area (Å²) in [5.74, 6) is -1.02. The predicted octanol–water partition coefficient (Wildman–Crippen LogP) is 5.27. The Morgan fingerprint density at radius 3 is 2.46 bits per heavy atom. The highest BCUT2D eigenvalue weighted by atomic mass is 32.2.